The fraction of sp³-hybridized carbons (Fsp3) is 0.0769. The average Bonchev–Trinajstić information content (AvgIpc) is 3.26. The summed E-state index contributed by atoms with van der Waals surface area (Å²) in [5.41, 5.74) is 1.34. The maximum Gasteiger partial charge on any atom is 0.344 e. The van der Waals surface area contributed by atoms with Crippen molar-refractivity contribution in [2.24, 2.45) is 5.10 Å². The summed E-state index contributed by atoms with van der Waals surface area (Å²) < 4.78 is 12.6. The van der Waals surface area contributed by atoms with Crippen LogP contribution in [0, 0.1) is 0 Å². The predicted octanol–water partition coefficient (Wildman–Crippen LogP) is 5.20. The normalized spacial score (nSPS) is 12.4. The third kappa shape index (κ3) is 4.51. The maximum atomic E-state index is 13.4. The lowest BCUT2D eigenvalue weighted by Crippen LogP contribution is -2.22. The van der Waals surface area contributed by atoms with Crippen molar-refractivity contribution in [3.8, 4) is 17.3 Å². The van der Waals surface area contributed by atoms with Crippen molar-refractivity contribution in [2.45, 2.75) is 13.0 Å². The Hall–Kier alpha value is -4.43. The van der Waals surface area contributed by atoms with Gasteiger partial charge in [0.15, 0.2) is 11.9 Å². The molecule has 1 atom stereocenters. The molecule has 0 amide bonds. The minimum Gasteiger partial charge on any atom is -0.479 e. The number of carbonyl (C=O) groups is 1. The Labute approximate surface area is 203 Å². The number of para-hydroxylation sites is 1. The summed E-state index contributed by atoms with van der Waals surface area (Å²) >= 11 is 6.11. The first-order valence-corrected chi connectivity index (χ1v) is 11.0. The smallest absolute Gasteiger partial charge is 0.344 e. The van der Waals surface area contributed by atoms with E-state index in [1.54, 1.807) is 72.8 Å². The van der Waals surface area contributed by atoms with Gasteiger partial charge in [-0.25, -0.2) is 9.78 Å². The number of carboxylic acids is 1. The van der Waals surface area contributed by atoms with Crippen LogP contribution in [0.2, 0.25) is 5.02 Å². The second kappa shape index (κ2) is 9.08. The molecule has 0 bridgehead atoms. The molecule has 35 heavy (non-hydrogen) atoms. The van der Waals surface area contributed by atoms with E-state index in [2.05, 4.69) is 10.1 Å². The molecule has 0 fully saturated rings. The summed E-state index contributed by atoms with van der Waals surface area (Å²) in [7, 11) is 0. The number of rotatable bonds is 6. The fourth-order valence-corrected chi connectivity index (χ4v) is 3.74. The molecule has 0 unspecified atom stereocenters. The van der Waals surface area contributed by atoms with Crippen LogP contribution in [-0.2, 0) is 4.79 Å². The van der Waals surface area contributed by atoms with E-state index in [1.165, 1.54) is 17.8 Å². The van der Waals surface area contributed by atoms with Gasteiger partial charge in [-0.05, 0) is 61.0 Å². The van der Waals surface area contributed by atoms with Gasteiger partial charge in [0.2, 0.25) is 5.82 Å². The minimum atomic E-state index is -1.07. The Morgan fingerprint density at radius 3 is 2.80 bits per heavy atom. The van der Waals surface area contributed by atoms with Crippen LogP contribution >= 0.6 is 11.6 Å². The molecule has 0 saturated carbocycles. The first kappa shape index (κ1) is 22.4. The maximum absolute atomic E-state index is 13.4. The Morgan fingerprint density at radius 2 is 1.97 bits per heavy atom. The highest BCUT2D eigenvalue weighted by molar-refractivity contribution is 6.31. The number of hydrogen-bond acceptors (Lipinski definition) is 6. The van der Waals surface area contributed by atoms with Crippen molar-refractivity contribution in [3.05, 3.63) is 93.7 Å². The van der Waals surface area contributed by atoms with Crippen LogP contribution in [0.25, 0.3) is 33.5 Å². The van der Waals surface area contributed by atoms with Crippen LogP contribution in [0.5, 0.6) is 5.75 Å². The molecule has 2 aromatic heterocycles. The van der Waals surface area contributed by atoms with Gasteiger partial charge in [0, 0.05) is 10.4 Å². The zero-order valence-corrected chi connectivity index (χ0v) is 19.1. The highest BCUT2D eigenvalue weighted by Gasteiger charge is 2.17. The number of aliphatic carboxylic acids is 1. The van der Waals surface area contributed by atoms with Crippen LogP contribution < -0.4 is 10.3 Å². The number of furan rings is 1. The first-order chi connectivity index (χ1) is 16.9. The Morgan fingerprint density at radius 1 is 1.14 bits per heavy atom. The number of fused-ring (bicyclic) bond motifs is 2. The van der Waals surface area contributed by atoms with Gasteiger partial charge in [-0.15, -0.1) is 0 Å². The van der Waals surface area contributed by atoms with Crippen molar-refractivity contribution in [1.82, 2.24) is 9.66 Å². The average molecular weight is 488 g/mol. The lowest BCUT2D eigenvalue weighted by molar-refractivity contribution is -0.144. The van der Waals surface area contributed by atoms with Crippen LogP contribution in [0.3, 0.4) is 0 Å². The summed E-state index contributed by atoms with van der Waals surface area (Å²) in [6.45, 7) is 1.44. The molecule has 1 N–H and O–H groups in total. The minimum absolute atomic E-state index is 0.226. The fourth-order valence-electron chi connectivity index (χ4n) is 3.56. The van der Waals surface area contributed by atoms with Crippen LogP contribution in [0.15, 0.2) is 87.1 Å². The van der Waals surface area contributed by atoms with Gasteiger partial charge < -0.3 is 14.3 Å². The summed E-state index contributed by atoms with van der Waals surface area (Å²) in [6.07, 6.45) is 0.460. The topological polar surface area (TPSA) is 107 Å². The Kier molecular flexibility index (Phi) is 5.80. The lowest BCUT2D eigenvalue weighted by Gasteiger charge is -2.10. The Bertz CT molecular complexity index is 1670. The molecule has 0 aliphatic carbocycles. The van der Waals surface area contributed by atoms with Crippen molar-refractivity contribution < 1.29 is 19.1 Å². The quantitative estimate of drug-likeness (QED) is 0.330. The molecule has 0 aliphatic heterocycles. The molecule has 0 saturated heterocycles. The second-order valence-electron chi connectivity index (χ2n) is 7.78. The first-order valence-electron chi connectivity index (χ1n) is 10.6. The standard InChI is InChI=1S/C26H18ClN3O5/c1-15(26(32)33)34-19-6-4-5-16(11-19)14-28-30-24(29-21-8-3-2-7-20(21)25(30)31)23-13-17-12-18(27)9-10-22(17)35-23/h2-15H,1H3,(H,32,33)/t15-/m0/s1. The summed E-state index contributed by atoms with van der Waals surface area (Å²) in [6, 6.07) is 20.7. The zero-order valence-electron chi connectivity index (χ0n) is 18.4. The van der Waals surface area contributed by atoms with Crippen LogP contribution in [-0.4, -0.2) is 33.1 Å². The van der Waals surface area contributed by atoms with Gasteiger partial charge in [0.1, 0.15) is 11.3 Å². The van der Waals surface area contributed by atoms with Gasteiger partial charge >= 0.3 is 5.97 Å². The van der Waals surface area contributed by atoms with E-state index < -0.39 is 12.1 Å². The number of hydrogen-bond donors (Lipinski definition) is 1. The number of halogens is 1. The summed E-state index contributed by atoms with van der Waals surface area (Å²) in [5.74, 6) is -0.129. The van der Waals surface area contributed by atoms with E-state index in [-0.39, 0.29) is 11.4 Å². The lowest BCUT2D eigenvalue weighted by atomic mass is 10.2. The Balaban J connectivity index is 1.61. The van der Waals surface area contributed by atoms with Crippen molar-refractivity contribution >= 4 is 45.7 Å². The molecule has 3 aromatic carbocycles. The van der Waals surface area contributed by atoms with Crippen molar-refractivity contribution in [2.75, 3.05) is 0 Å². The molecule has 0 aliphatic rings. The van der Waals surface area contributed by atoms with Gasteiger partial charge in [-0.2, -0.15) is 9.78 Å². The number of ether oxygens (including phenoxy) is 1. The molecule has 9 heteroatoms. The summed E-state index contributed by atoms with van der Waals surface area (Å²) in [4.78, 5) is 29.1. The SMILES string of the molecule is C[C@H](Oc1cccc(C=Nn2c(-c3cc4cc(Cl)ccc4o3)nc3ccccc3c2=O)c1)C(=O)O. The molecule has 2 heterocycles. The molecular formula is C26H18ClN3O5. The monoisotopic (exact) mass is 487 g/mol. The van der Waals surface area contributed by atoms with E-state index in [9.17, 15) is 9.59 Å². The van der Waals surface area contributed by atoms with Crippen molar-refractivity contribution in [3.63, 3.8) is 0 Å². The number of carboxylic acid groups (broad SMARTS) is 1. The number of nitrogens with zero attached hydrogens (tertiary/aromatic N) is 3. The molecular weight excluding hydrogens is 470 g/mol. The molecule has 0 radical (unpaired) electrons. The highest BCUT2D eigenvalue weighted by atomic mass is 35.5. The highest BCUT2D eigenvalue weighted by Crippen LogP contribution is 2.29. The number of aromatic nitrogens is 2. The second-order valence-corrected chi connectivity index (χ2v) is 8.21. The van der Waals surface area contributed by atoms with Gasteiger partial charge in [-0.3, -0.25) is 4.79 Å². The third-order valence-corrected chi connectivity index (χ3v) is 5.53. The van der Waals surface area contributed by atoms with E-state index in [4.69, 9.17) is 25.9 Å². The van der Waals surface area contributed by atoms with Gasteiger partial charge in [-0.1, -0.05) is 35.9 Å². The molecule has 5 aromatic rings. The van der Waals surface area contributed by atoms with Crippen LogP contribution in [0.1, 0.15) is 12.5 Å². The van der Waals surface area contributed by atoms with E-state index in [0.29, 0.717) is 38.6 Å². The summed E-state index contributed by atoms with van der Waals surface area (Å²) in [5, 5.41) is 15.2. The van der Waals surface area contributed by atoms with Crippen molar-refractivity contribution in [1.29, 1.82) is 0 Å². The van der Waals surface area contributed by atoms with Crippen LogP contribution in [0.4, 0.5) is 0 Å². The van der Waals surface area contributed by atoms with E-state index in [0.717, 1.165) is 5.39 Å². The van der Waals surface area contributed by atoms with Gasteiger partial charge in [0.05, 0.1) is 17.1 Å². The third-order valence-electron chi connectivity index (χ3n) is 5.29. The molecule has 174 valence electrons. The number of benzene rings is 3. The largest absolute Gasteiger partial charge is 0.479 e. The zero-order chi connectivity index (χ0) is 24.5. The predicted molar refractivity (Wildman–Crippen MR) is 133 cm³/mol. The molecule has 5 rings (SSSR count). The molecule has 8 nitrogen and oxygen atoms in total. The molecule has 0 spiro atoms. The van der Waals surface area contributed by atoms with Gasteiger partial charge in [0.25, 0.3) is 5.56 Å². The van der Waals surface area contributed by atoms with E-state index in [1.807, 2.05) is 0 Å². The van der Waals surface area contributed by atoms with E-state index >= 15 is 0 Å².